The van der Waals surface area contributed by atoms with E-state index in [1.807, 2.05) is 25.8 Å². The second-order valence-corrected chi connectivity index (χ2v) is 9.59. The highest BCUT2D eigenvalue weighted by Gasteiger charge is 2.32. The fraction of sp³-hybridized carbons (Fsp3) is 0.571. The van der Waals surface area contributed by atoms with Crippen LogP contribution in [0.25, 0.3) is 10.2 Å². The van der Waals surface area contributed by atoms with Crippen LogP contribution in [0.1, 0.15) is 25.2 Å². The smallest absolute Gasteiger partial charge is 0.154 e. The number of anilines is 1. The van der Waals surface area contributed by atoms with Gasteiger partial charge in [-0.25, -0.2) is 18.4 Å². The number of thiophene rings is 1. The number of hydrogen-bond acceptors (Lipinski definition) is 6. The maximum absolute atomic E-state index is 11.9. The summed E-state index contributed by atoms with van der Waals surface area (Å²) >= 11 is 1.59. The Bertz CT molecular complexity index is 779. The molecule has 7 heteroatoms. The molecule has 21 heavy (non-hydrogen) atoms. The van der Waals surface area contributed by atoms with E-state index in [1.165, 1.54) is 6.26 Å². The van der Waals surface area contributed by atoms with E-state index in [-0.39, 0.29) is 0 Å². The molecular weight excluding hydrogens is 306 g/mol. The van der Waals surface area contributed by atoms with Gasteiger partial charge in [0.15, 0.2) is 9.84 Å². The summed E-state index contributed by atoms with van der Waals surface area (Å²) in [5, 5.41) is 3.06. The Morgan fingerprint density at radius 3 is 2.48 bits per heavy atom. The Hall–Kier alpha value is -1.21. The first kappa shape index (κ1) is 16.2. The largest absolute Gasteiger partial charge is 0.357 e. The number of nitrogens with zero attached hydrogens (tertiary/aromatic N) is 3. The lowest BCUT2D eigenvalue weighted by atomic mass is 10.2. The van der Waals surface area contributed by atoms with Gasteiger partial charge in [-0.15, -0.1) is 11.3 Å². The molecule has 0 aliphatic heterocycles. The third-order valence-electron chi connectivity index (χ3n) is 3.69. The predicted molar refractivity (Wildman–Crippen MR) is 89.1 cm³/mol. The van der Waals surface area contributed by atoms with E-state index in [4.69, 9.17) is 0 Å². The minimum Gasteiger partial charge on any atom is -0.357 e. The van der Waals surface area contributed by atoms with E-state index in [2.05, 4.69) is 15.3 Å². The third kappa shape index (κ3) is 3.03. The molecule has 0 saturated heterocycles. The summed E-state index contributed by atoms with van der Waals surface area (Å²) in [6, 6.07) is 0. The molecule has 0 fully saturated rings. The molecule has 0 radical (unpaired) electrons. The van der Waals surface area contributed by atoms with Crippen LogP contribution in [0.5, 0.6) is 0 Å². The van der Waals surface area contributed by atoms with Crippen LogP contribution in [0, 0.1) is 13.8 Å². The van der Waals surface area contributed by atoms with Crippen LogP contribution >= 0.6 is 11.3 Å². The molecule has 0 unspecified atom stereocenters. The van der Waals surface area contributed by atoms with E-state index in [9.17, 15) is 8.42 Å². The van der Waals surface area contributed by atoms with Gasteiger partial charge >= 0.3 is 0 Å². The van der Waals surface area contributed by atoms with Crippen LogP contribution in [0.4, 0.5) is 5.82 Å². The molecule has 0 saturated carbocycles. The van der Waals surface area contributed by atoms with Crippen molar-refractivity contribution in [1.82, 2.24) is 9.97 Å². The van der Waals surface area contributed by atoms with E-state index in [1.54, 1.807) is 25.2 Å². The lowest BCUT2D eigenvalue weighted by Gasteiger charge is -2.30. The fourth-order valence-corrected chi connectivity index (χ4v) is 3.59. The molecule has 0 N–H and O–H groups in total. The maximum atomic E-state index is 11.9. The highest BCUT2D eigenvalue weighted by Crippen LogP contribution is 2.32. The van der Waals surface area contributed by atoms with E-state index < -0.39 is 14.6 Å². The molecule has 0 amide bonds. The Kier molecular flexibility index (Phi) is 4.01. The van der Waals surface area contributed by atoms with Crippen LogP contribution in [-0.4, -0.2) is 43.0 Å². The molecular formula is C14H21N3O2S2. The highest BCUT2D eigenvalue weighted by molar-refractivity contribution is 7.92. The van der Waals surface area contributed by atoms with Gasteiger partial charge in [0.1, 0.15) is 16.5 Å². The summed E-state index contributed by atoms with van der Waals surface area (Å²) in [5.41, 5.74) is 1.12. The van der Waals surface area contributed by atoms with Gasteiger partial charge in [0.05, 0.1) is 10.1 Å². The third-order valence-corrected chi connectivity index (χ3v) is 6.82. The van der Waals surface area contributed by atoms with Crippen LogP contribution in [-0.2, 0) is 9.84 Å². The molecule has 2 aromatic heterocycles. The SMILES string of the molecule is Cc1nc(N(C)CC(C)(C)S(C)(=O)=O)c2c(C)csc2n1. The Balaban J connectivity index is 2.49. The van der Waals surface area contributed by atoms with Gasteiger partial charge in [-0.05, 0) is 38.6 Å². The van der Waals surface area contributed by atoms with Crippen molar-refractivity contribution in [2.45, 2.75) is 32.4 Å². The van der Waals surface area contributed by atoms with Crippen LogP contribution in [0.15, 0.2) is 5.38 Å². The van der Waals surface area contributed by atoms with Gasteiger partial charge < -0.3 is 4.90 Å². The fourth-order valence-electron chi connectivity index (χ4n) is 2.21. The average Bonchev–Trinajstić information content (AvgIpc) is 2.67. The van der Waals surface area contributed by atoms with Gasteiger partial charge in [-0.1, -0.05) is 0 Å². The van der Waals surface area contributed by atoms with Crippen molar-refractivity contribution in [3.63, 3.8) is 0 Å². The van der Waals surface area contributed by atoms with Crippen LogP contribution in [0.2, 0.25) is 0 Å². The topological polar surface area (TPSA) is 63.2 Å². The van der Waals surface area contributed by atoms with Gasteiger partial charge in [0.2, 0.25) is 0 Å². The Morgan fingerprint density at radius 1 is 1.29 bits per heavy atom. The van der Waals surface area contributed by atoms with Crippen molar-refractivity contribution in [3.8, 4) is 0 Å². The standard InChI is InChI=1S/C14H21N3O2S2/c1-9-7-20-13-11(9)12(15-10(2)16-13)17(5)8-14(3,4)21(6,18)19/h7H,8H2,1-6H3. The first-order chi connectivity index (χ1) is 9.53. The van der Waals surface area contributed by atoms with Gasteiger partial charge in [-0.2, -0.15) is 0 Å². The van der Waals surface area contributed by atoms with Crippen molar-refractivity contribution in [1.29, 1.82) is 0 Å². The monoisotopic (exact) mass is 327 g/mol. The average molecular weight is 327 g/mol. The van der Waals surface area contributed by atoms with Gasteiger partial charge in [0, 0.05) is 19.8 Å². The highest BCUT2D eigenvalue weighted by atomic mass is 32.2. The summed E-state index contributed by atoms with van der Waals surface area (Å²) in [4.78, 5) is 11.8. The van der Waals surface area contributed by atoms with Crippen molar-refractivity contribution >= 4 is 37.2 Å². The molecule has 0 aliphatic carbocycles. The number of rotatable bonds is 4. The molecule has 116 valence electrons. The summed E-state index contributed by atoms with van der Waals surface area (Å²) in [7, 11) is -1.27. The van der Waals surface area contributed by atoms with E-state index in [0.717, 1.165) is 21.6 Å². The molecule has 0 bridgehead atoms. The summed E-state index contributed by atoms with van der Waals surface area (Å²) in [6.07, 6.45) is 1.28. The minimum atomic E-state index is -3.15. The van der Waals surface area contributed by atoms with E-state index >= 15 is 0 Å². The normalized spacial score (nSPS) is 12.9. The molecule has 5 nitrogen and oxygen atoms in total. The summed E-state index contributed by atoms with van der Waals surface area (Å²) in [6.45, 7) is 7.74. The first-order valence-corrected chi connectivity index (χ1v) is 9.43. The van der Waals surface area contributed by atoms with Crippen molar-refractivity contribution in [2.75, 3.05) is 24.7 Å². The van der Waals surface area contributed by atoms with Crippen LogP contribution in [0.3, 0.4) is 0 Å². The zero-order valence-corrected chi connectivity index (χ0v) is 14.9. The lowest BCUT2D eigenvalue weighted by Crippen LogP contribution is -2.43. The zero-order chi connectivity index (χ0) is 16.0. The molecule has 0 atom stereocenters. The van der Waals surface area contributed by atoms with Crippen LogP contribution < -0.4 is 4.90 Å². The lowest BCUT2D eigenvalue weighted by molar-refractivity contribution is 0.549. The molecule has 0 aliphatic rings. The first-order valence-electron chi connectivity index (χ1n) is 6.66. The minimum absolute atomic E-state index is 0.382. The second kappa shape index (κ2) is 5.21. The number of fused-ring (bicyclic) bond motifs is 1. The molecule has 0 aromatic carbocycles. The number of sulfone groups is 1. The predicted octanol–water partition coefficient (Wildman–Crippen LogP) is 2.57. The van der Waals surface area contributed by atoms with E-state index in [0.29, 0.717) is 12.4 Å². The quantitative estimate of drug-likeness (QED) is 0.863. The van der Waals surface area contributed by atoms with Crippen molar-refractivity contribution in [2.24, 2.45) is 0 Å². The van der Waals surface area contributed by atoms with Crippen molar-refractivity contribution in [3.05, 3.63) is 16.8 Å². The Labute approximate surface area is 129 Å². The van der Waals surface area contributed by atoms with Gasteiger partial charge in [-0.3, -0.25) is 0 Å². The molecule has 2 aromatic rings. The maximum Gasteiger partial charge on any atom is 0.154 e. The number of hydrogen-bond donors (Lipinski definition) is 0. The number of aromatic nitrogens is 2. The number of aryl methyl sites for hydroxylation is 2. The molecule has 0 spiro atoms. The molecule has 2 heterocycles. The second-order valence-electron chi connectivity index (χ2n) is 6.08. The van der Waals surface area contributed by atoms with Gasteiger partial charge in [0.25, 0.3) is 0 Å². The Morgan fingerprint density at radius 2 is 1.90 bits per heavy atom. The summed E-state index contributed by atoms with van der Waals surface area (Å²) in [5.74, 6) is 1.50. The summed E-state index contributed by atoms with van der Waals surface area (Å²) < 4.78 is 23.0. The van der Waals surface area contributed by atoms with Crippen molar-refractivity contribution < 1.29 is 8.42 Å². The molecule has 2 rings (SSSR count). The zero-order valence-electron chi connectivity index (χ0n) is 13.3.